The van der Waals surface area contributed by atoms with Gasteiger partial charge in [-0.2, -0.15) is 0 Å². The fourth-order valence-corrected chi connectivity index (χ4v) is 2.63. The monoisotopic (exact) mass is 390 g/mol. The number of aromatic nitrogens is 2. The summed E-state index contributed by atoms with van der Waals surface area (Å²) in [5.41, 5.74) is 2.41. The molecule has 0 aliphatic rings. The van der Waals surface area contributed by atoms with E-state index < -0.39 is 5.97 Å². The molecule has 0 radical (unpaired) electrons. The van der Waals surface area contributed by atoms with Crippen molar-refractivity contribution >= 4 is 23.4 Å². The molecule has 7 heteroatoms. The number of rotatable bonds is 8. The number of amides is 1. The highest BCUT2D eigenvalue weighted by atomic mass is 16.5. The lowest BCUT2D eigenvalue weighted by atomic mass is 10.1. The molecule has 0 bridgehead atoms. The van der Waals surface area contributed by atoms with Crippen LogP contribution in [0.5, 0.6) is 0 Å². The number of esters is 1. The predicted octanol–water partition coefficient (Wildman–Crippen LogP) is 3.56. The fourth-order valence-electron chi connectivity index (χ4n) is 2.63. The third-order valence-electron chi connectivity index (χ3n) is 4.11. The Bertz CT molecular complexity index is 942. The molecule has 0 aliphatic heterocycles. The standard InChI is InChI=1S/C22H22N4O3/c1-2-29-22(28)17-8-10-18(11-9-17)24-21(27)19-12-13-20(26-25-19)23-15-14-16-6-4-3-5-7-16/h3-13H,2,14-15H2,1H3,(H,23,26)(H,24,27). The van der Waals surface area contributed by atoms with Crippen molar-refractivity contribution in [1.82, 2.24) is 10.2 Å². The van der Waals surface area contributed by atoms with Gasteiger partial charge in [-0.15, -0.1) is 10.2 Å². The molecular formula is C22H22N4O3. The first-order chi connectivity index (χ1) is 14.2. The molecule has 7 nitrogen and oxygen atoms in total. The average molecular weight is 390 g/mol. The van der Waals surface area contributed by atoms with Crippen molar-refractivity contribution in [1.29, 1.82) is 0 Å². The van der Waals surface area contributed by atoms with Gasteiger partial charge in [0.25, 0.3) is 5.91 Å². The largest absolute Gasteiger partial charge is 0.462 e. The lowest BCUT2D eigenvalue weighted by Crippen LogP contribution is -2.15. The van der Waals surface area contributed by atoms with E-state index in [1.165, 1.54) is 5.56 Å². The van der Waals surface area contributed by atoms with Crippen molar-refractivity contribution in [2.45, 2.75) is 13.3 Å². The van der Waals surface area contributed by atoms with Gasteiger partial charge in [0.15, 0.2) is 5.69 Å². The van der Waals surface area contributed by atoms with Gasteiger partial charge in [-0.1, -0.05) is 30.3 Å². The van der Waals surface area contributed by atoms with Crippen molar-refractivity contribution in [3.8, 4) is 0 Å². The van der Waals surface area contributed by atoms with Crippen LogP contribution in [0.2, 0.25) is 0 Å². The quantitative estimate of drug-likeness (QED) is 0.571. The summed E-state index contributed by atoms with van der Waals surface area (Å²) in [4.78, 5) is 24.0. The Morgan fingerprint density at radius 3 is 2.34 bits per heavy atom. The molecule has 0 atom stereocenters. The van der Waals surface area contributed by atoms with Crippen molar-refractivity contribution in [2.24, 2.45) is 0 Å². The van der Waals surface area contributed by atoms with Crippen molar-refractivity contribution in [3.05, 3.63) is 83.6 Å². The van der Waals surface area contributed by atoms with E-state index in [-0.39, 0.29) is 11.6 Å². The Kier molecular flexibility index (Phi) is 6.89. The predicted molar refractivity (Wildman–Crippen MR) is 111 cm³/mol. The summed E-state index contributed by atoms with van der Waals surface area (Å²) in [7, 11) is 0. The summed E-state index contributed by atoms with van der Waals surface area (Å²) < 4.78 is 4.93. The highest BCUT2D eigenvalue weighted by Crippen LogP contribution is 2.12. The smallest absolute Gasteiger partial charge is 0.338 e. The molecule has 3 aromatic rings. The van der Waals surface area contributed by atoms with Crippen LogP contribution in [0.4, 0.5) is 11.5 Å². The summed E-state index contributed by atoms with van der Waals surface area (Å²) >= 11 is 0. The van der Waals surface area contributed by atoms with Gasteiger partial charge < -0.3 is 15.4 Å². The summed E-state index contributed by atoms with van der Waals surface area (Å²) in [6.45, 7) is 2.78. The van der Waals surface area contributed by atoms with Crippen molar-refractivity contribution < 1.29 is 14.3 Å². The van der Waals surface area contributed by atoms with Gasteiger partial charge in [0.05, 0.1) is 12.2 Å². The number of anilines is 2. The molecule has 0 saturated carbocycles. The van der Waals surface area contributed by atoms with Gasteiger partial charge in [0, 0.05) is 12.2 Å². The van der Waals surface area contributed by atoms with Gasteiger partial charge in [-0.3, -0.25) is 4.79 Å². The minimum Gasteiger partial charge on any atom is -0.462 e. The van der Waals surface area contributed by atoms with Gasteiger partial charge in [-0.05, 0) is 55.3 Å². The Labute approximate surface area is 169 Å². The molecule has 1 amide bonds. The molecule has 0 aliphatic carbocycles. The van der Waals surface area contributed by atoms with E-state index in [9.17, 15) is 9.59 Å². The van der Waals surface area contributed by atoms with E-state index in [4.69, 9.17) is 4.74 Å². The number of hydrogen-bond acceptors (Lipinski definition) is 6. The first-order valence-corrected chi connectivity index (χ1v) is 9.36. The van der Waals surface area contributed by atoms with Gasteiger partial charge in [-0.25, -0.2) is 4.79 Å². The second-order valence-corrected chi connectivity index (χ2v) is 6.22. The third kappa shape index (κ3) is 5.87. The van der Waals surface area contributed by atoms with Gasteiger partial charge >= 0.3 is 5.97 Å². The zero-order valence-electron chi connectivity index (χ0n) is 16.1. The maximum absolute atomic E-state index is 12.3. The summed E-state index contributed by atoms with van der Waals surface area (Å²) in [6.07, 6.45) is 0.868. The number of carbonyl (C=O) groups is 2. The number of nitrogens with one attached hydrogen (secondary N) is 2. The third-order valence-corrected chi connectivity index (χ3v) is 4.11. The van der Waals surface area contributed by atoms with E-state index in [0.29, 0.717) is 23.7 Å². The van der Waals surface area contributed by atoms with Gasteiger partial charge in [0.2, 0.25) is 0 Å². The molecule has 3 rings (SSSR count). The Hall–Kier alpha value is -3.74. The summed E-state index contributed by atoms with van der Waals surface area (Å²) in [5, 5.41) is 13.9. The van der Waals surface area contributed by atoms with Crippen molar-refractivity contribution in [3.63, 3.8) is 0 Å². The first-order valence-electron chi connectivity index (χ1n) is 9.36. The van der Waals surface area contributed by atoms with Crippen LogP contribution < -0.4 is 10.6 Å². The lowest BCUT2D eigenvalue weighted by Gasteiger charge is -2.07. The van der Waals surface area contributed by atoms with Crippen LogP contribution >= 0.6 is 0 Å². The van der Waals surface area contributed by atoms with Crippen LogP contribution in [0.15, 0.2) is 66.7 Å². The van der Waals surface area contributed by atoms with E-state index in [2.05, 4.69) is 33.0 Å². The Balaban J connectivity index is 1.51. The average Bonchev–Trinajstić information content (AvgIpc) is 2.75. The first kappa shape index (κ1) is 20.0. The minimum absolute atomic E-state index is 0.202. The van der Waals surface area contributed by atoms with E-state index >= 15 is 0 Å². The molecule has 1 aromatic heterocycles. The highest BCUT2D eigenvalue weighted by Gasteiger charge is 2.10. The molecule has 1 heterocycles. The van der Waals surface area contributed by atoms with Gasteiger partial charge in [0.1, 0.15) is 5.82 Å². The van der Waals surface area contributed by atoms with E-state index in [1.807, 2.05) is 18.2 Å². The topological polar surface area (TPSA) is 93.2 Å². The molecular weight excluding hydrogens is 368 g/mol. The molecule has 0 unspecified atom stereocenters. The lowest BCUT2D eigenvalue weighted by molar-refractivity contribution is 0.0526. The number of ether oxygens (including phenoxy) is 1. The maximum atomic E-state index is 12.3. The molecule has 0 saturated heterocycles. The van der Waals surface area contributed by atoms with E-state index in [0.717, 1.165) is 13.0 Å². The molecule has 2 N–H and O–H groups in total. The highest BCUT2D eigenvalue weighted by molar-refractivity contribution is 6.03. The Morgan fingerprint density at radius 2 is 1.69 bits per heavy atom. The summed E-state index contributed by atoms with van der Waals surface area (Å²) in [6, 6.07) is 19.9. The molecule has 29 heavy (non-hydrogen) atoms. The maximum Gasteiger partial charge on any atom is 0.338 e. The zero-order chi connectivity index (χ0) is 20.5. The second-order valence-electron chi connectivity index (χ2n) is 6.22. The normalized spacial score (nSPS) is 10.2. The fraction of sp³-hybridized carbons (Fsp3) is 0.182. The molecule has 2 aromatic carbocycles. The van der Waals surface area contributed by atoms with Crippen LogP contribution in [-0.4, -0.2) is 35.2 Å². The molecule has 0 spiro atoms. The molecule has 148 valence electrons. The number of hydrogen-bond donors (Lipinski definition) is 2. The van der Waals surface area contributed by atoms with Crippen LogP contribution in [0.3, 0.4) is 0 Å². The van der Waals surface area contributed by atoms with Crippen LogP contribution in [0.25, 0.3) is 0 Å². The van der Waals surface area contributed by atoms with E-state index in [1.54, 1.807) is 43.3 Å². The number of benzene rings is 2. The Morgan fingerprint density at radius 1 is 0.931 bits per heavy atom. The zero-order valence-corrected chi connectivity index (χ0v) is 16.1. The molecule has 0 fully saturated rings. The van der Waals surface area contributed by atoms with Crippen molar-refractivity contribution in [2.75, 3.05) is 23.8 Å². The number of nitrogens with zero attached hydrogens (tertiary/aromatic N) is 2. The number of carbonyl (C=O) groups excluding carboxylic acids is 2. The second kappa shape index (κ2) is 9.98. The minimum atomic E-state index is -0.397. The SMILES string of the molecule is CCOC(=O)c1ccc(NC(=O)c2ccc(NCCc3ccccc3)nn2)cc1. The summed E-state index contributed by atoms with van der Waals surface area (Å²) in [5.74, 6) is -0.167. The van der Waals surface area contributed by atoms with Crippen LogP contribution in [-0.2, 0) is 11.2 Å². The van der Waals surface area contributed by atoms with Crippen LogP contribution in [0.1, 0.15) is 33.3 Å². The van der Waals surface area contributed by atoms with Crippen LogP contribution in [0, 0.1) is 0 Å².